The molecule has 3 aromatic rings. The first-order chi connectivity index (χ1) is 11.5. The summed E-state index contributed by atoms with van der Waals surface area (Å²) in [6.45, 7) is 1.74. The van der Waals surface area contributed by atoms with E-state index in [4.69, 9.17) is 8.94 Å². The van der Waals surface area contributed by atoms with E-state index in [-0.39, 0.29) is 22.6 Å². The molecule has 0 atom stereocenters. The van der Waals surface area contributed by atoms with Crippen molar-refractivity contribution in [3.05, 3.63) is 40.3 Å². The van der Waals surface area contributed by atoms with Crippen molar-refractivity contribution in [2.75, 3.05) is 11.1 Å². The number of anilines is 1. The van der Waals surface area contributed by atoms with Crippen molar-refractivity contribution in [3.8, 4) is 11.6 Å². The summed E-state index contributed by atoms with van der Waals surface area (Å²) in [6.07, 6.45) is 0. The van der Waals surface area contributed by atoms with Gasteiger partial charge in [-0.15, -0.1) is 10.2 Å². The van der Waals surface area contributed by atoms with Crippen molar-refractivity contribution in [1.29, 1.82) is 0 Å². The number of aryl methyl sites for hydroxylation is 1. The summed E-state index contributed by atoms with van der Waals surface area (Å²) in [7, 11) is 0. The number of nitrogens with zero attached hydrogens (tertiary/aromatic N) is 3. The lowest BCUT2D eigenvalue weighted by molar-refractivity contribution is -0.113. The lowest BCUT2D eigenvalue weighted by Crippen LogP contribution is -2.15. The maximum Gasteiger partial charge on any atom is 0.277 e. The first-order valence-electron chi connectivity index (χ1n) is 6.66. The summed E-state index contributed by atoms with van der Waals surface area (Å²) in [5, 5.41) is 14.1. The predicted molar refractivity (Wildman–Crippen MR) is 88.0 cm³/mol. The fourth-order valence-corrected chi connectivity index (χ4v) is 2.64. The van der Waals surface area contributed by atoms with Gasteiger partial charge in [0.2, 0.25) is 5.91 Å². The third kappa shape index (κ3) is 4.01. The summed E-state index contributed by atoms with van der Waals surface area (Å²) in [4.78, 5) is 11.9. The zero-order valence-electron chi connectivity index (χ0n) is 12.2. The Morgan fingerprint density at radius 2 is 2.21 bits per heavy atom. The Hall–Kier alpha value is -2.20. The summed E-state index contributed by atoms with van der Waals surface area (Å²) in [5.74, 6) is -0.0981. The van der Waals surface area contributed by atoms with E-state index in [0.29, 0.717) is 15.9 Å². The highest BCUT2D eigenvalue weighted by Gasteiger charge is 2.14. The molecule has 1 amide bonds. The van der Waals surface area contributed by atoms with E-state index in [1.165, 1.54) is 12.1 Å². The Morgan fingerprint density at radius 3 is 2.92 bits per heavy atom. The summed E-state index contributed by atoms with van der Waals surface area (Å²) in [6, 6.07) is 6.04. The summed E-state index contributed by atoms with van der Waals surface area (Å²) in [5.41, 5.74) is 0.529. The summed E-state index contributed by atoms with van der Waals surface area (Å²) >= 11 is 4.19. The van der Waals surface area contributed by atoms with Gasteiger partial charge < -0.3 is 14.3 Å². The normalized spacial score (nSPS) is 10.8. The van der Waals surface area contributed by atoms with Gasteiger partial charge in [0.25, 0.3) is 11.1 Å². The number of aromatic nitrogens is 3. The molecule has 10 heteroatoms. The van der Waals surface area contributed by atoms with E-state index >= 15 is 0 Å². The molecule has 0 unspecified atom stereocenters. The van der Waals surface area contributed by atoms with Gasteiger partial charge >= 0.3 is 0 Å². The van der Waals surface area contributed by atoms with Gasteiger partial charge in [-0.2, -0.15) is 0 Å². The molecule has 1 aromatic carbocycles. The van der Waals surface area contributed by atoms with Crippen LogP contribution in [0.3, 0.4) is 0 Å². The van der Waals surface area contributed by atoms with E-state index in [0.717, 1.165) is 11.8 Å². The molecule has 0 aliphatic heterocycles. The molecule has 2 heterocycles. The molecular weight excluding hydrogens is 403 g/mol. The number of nitrogens with one attached hydrogen (secondary N) is 1. The molecule has 0 aliphatic rings. The molecule has 7 nitrogen and oxygen atoms in total. The Kier molecular flexibility index (Phi) is 4.95. The number of benzene rings is 1. The molecule has 0 bridgehead atoms. The van der Waals surface area contributed by atoms with Gasteiger partial charge in [0, 0.05) is 10.5 Å². The molecule has 0 fully saturated rings. The van der Waals surface area contributed by atoms with E-state index in [1.54, 1.807) is 19.1 Å². The molecule has 0 saturated carbocycles. The van der Waals surface area contributed by atoms with Crippen molar-refractivity contribution in [1.82, 2.24) is 15.4 Å². The topological polar surface area (TPSA) is 94.1 Å². The average molecular weight is 413 g/mol. The SMILES string of the molecule is Cc1cc(-c2nnc(SCC(=O)Nc3ccc(Br)cc3F)o2)no1. The van der Waals surface area contributed by atoms with Crippen molar-refractivity contribution in [2.45, 2.75) is 12.1 Å². The Bertz CT molecular complexity index is 883. The van der Waals surface area contributed by atoms with Crippen LogP contribution < -0.4 is 5.32 Å². The molecule has 124 valence electrons. The van der Waals surface area contributed by atoms with E-state index < -0.39 is 11.7 Å². The molecule has 0 spiro atoms. The Labute approximate surface area is 148 Å². The zero-order valence-corrected chi connectivity index (χ0v) is 14.6. The monoisotopic (exact) mass is 412 g/mol. The first kappa shape index (κ1) is 16.7. The molecule has 24 heavy (non-hydrogen) atoms. The third-order valence-corrected chi connectivity index (χ3v) is 4.10. The minimum Gasteiger partial charge on any atom is -0.409 e. The second-order valence-electron chi connectivity index (χ2n) is 4.66. The minimum atomic E-state index is -0.524. The fraction of sp³-hybridized carbons (Fsp3) is 0.143. The van der Waals surface area contributed by atoms with Gasteiger partial charge in [0.1, 0.15) is 11.6 Å². The highest BCUT2D eigenvalue weighted by Crippen LogP contribution is 2.23. The number of hydrogen-bond donors (Lipinski definition) is 1. The van der Waals surface area contributed by atoms with Gasteiger partial charge in [-0.25, -0.2) is 4.39 Å². The number of hydrogen-bond acceptors (Lipinski definition) is 7. The number of rotatable bonds is 5. The van der Waals surface area contributed by atoms with Crippen LogP contribution in [0.25, 0.3) is 11.6 Å². The van der Waals surface area contributed by atoms with Crippen molar-refractivity contribution in [3.63, 3.8) is 0 Å². The van der Waals surface area contributed by atoms with Gasteiger partial charge in [-0.1, -0.05) is 32.8 Å². The smallest absolute Gasteiger partial charge is 0.277 e. The second-order valence-corrected chi connectivity index (χ2v) is 6.50. The average Bonchev–Trinajstić information content (AvgIpc) is 3.17. The van der Waals surface area contributed by atoms with Gasteiger partial charge in [0.15, 0.2) is 5.69 Å². The lowest BCUT2D eigenvalue weighted by atomic mass is 10.3. The zero-order chi connectivity index (χ0) is 17.1. The highest BCUT2D eigenvalue weighted by atomic mass is 79.9. The number of thioether (sulfide) groups is 1. The van der Waals surface area contributed by atoms with E-state index in [2.05, 4.69) is 36.6 Å². The molecular formula is C14H10BrFN4O3S. The number of amides is 1. The van der Waals surface area contributed by atoms with Gasteiger partial charge in [-0.05, 0) is 25.1 Å². The molecule has 3 rings (SSSR count). The van der Waals surface area contributed by atoms with Crippen LogP contribution in [0.2, 0.25) is 0 Å². The largest absolute Gasteiger partial charge is 0.409 e. The maximum atomic E-state index is 13.7. The summed E-state index contributed by atoms with van der Waals surface area (Å²) < 4.78 is 24.6. The number of carbonyl (C=O) groups excluding carboxylic acids is 1. The second kappa shape index (κ2) is 7.14. The molecule has 0 saturated heterocycles. The lowest BCUT2D eigenvalue weighted by Gasteiger charge is -2.05. The number of halogens is 2. The third-order valence-electron chi connectivity index (χ3n) is 2.79. The maximum absolute atomic E-state index is 13.7. The van der Waals surface area contributed by atoms with Crippen LogP contribution in [-0.2, 0) is 4.79 Å². The minimum absolute atomic E-state index is 0.00498. The molecule has 0 radical (unpaired) electrons. The van der Waals surface area contributed by atoms with Crippen LogP contribution in [0.5, 0.6) is 0 Å². The van der Waals surface area contributed by atoms with Crippen LogP contribution in [0, 0.1) is 12.7 Å². The Balaban J connectivity index is 1.57. The highest BCUT2D eigenvalue weighted by molar-refractivity contribution is 9.10. The molecule has 1 N–H and O–H groups in total. The van der Waals surface area contributed by atoms with Crippen LogP contribution in [-0.4, -0.2) is 27.0 Å². The molecule has 0 aliphatic carbocycles. The fourth-order valence-electron chi connectivity index (χ4n) is 1.74. The van der Waals surface area contributed by atoms with Crippen LogP contribution in [0.15, 0.2) is 42.9 Å². The standard InChI is InChI=1S/C14H10BrFN4O3S/c1-7-4-11(20-23-7)13-18-19-14(22-13)24-6-12(21)17-10-3-2-8(15)5-9(10)16/h2-5H,6H2,1H3,(H,17,21). The van der Waals surface area contributed by atoms with Gasteiger partial charge in [-0.3, -0.25) is 4.79 Å². The van der Waals surface area contributed by atoms with Crippen LogP contribution >= 0.6 is 27.7 Å². The van der Waals surface area contributed by atoms with Crippen molar-refractivity contribution >= 4 is 39.3 Å². The molecule has 2 aromatic heterocycles. The quantitative estimate of drug-likeness (QED) is 0.638. The van der Waals surface area contributed by atoms with Crippen molar-refractivity contribution in [2.24, 2.45) is 0 Å². The van der Waals surface area contributed by atoms with Crippen molar-refractivity contribution < 1.29 is 18.1 Å². The van der Waals surface area contributed by atoms with Crippen LogP contribution in [0.1, 0.15) is 5.76 Å². The van der Waals surface area contributed by atoms with Crippen LogP contribution in [0.4, 0.5) is 10.1 Å². The number of carbonyl (C=O) groups is 1. The van der Waals surface area contributed by atoms with E-state index in [9.17, 15) is 9.18 Å². The van der Waals surface area contributed by atoms with Gasteiger partial charge in [0.05, 0.1) is 11.4 Å². The first-order valence-corrected chi connectivity index (χ1v) is 8.44. The Morgan fingerprint density at radius 1 is 1.38 bits per heavy atom. The van der Waals surface area contributed by atoms with E-state index in [1.807, 2.05) is 0 Å². The predicted octanol–water partition coefficient (Wildman–Crippen LogP) is 3.67.